The summed E-state index contributed by atoms with van der Waals surface area (Å²) in [6.07, 6.45) is 1.14. The van der Waals surface area contributed by atoms with Crippen LogP contribution in [0, 0.1) is 0 Å². The maximum atomic E-state index is 5.32. The zero-order valence-corrected chi connectivity index (χ0v) is 45.7. The number of aryl methyl sites for hydroxylation is 1. The molecule has 0 saturated carbocycles. The van der Waals surface area contributed by atoms with Crippen LogP contribution in [0.4, 0.5) is 5.69 Å². The van der Waals surface area contributed by atoms with Crippen LogP contribution in [0.15, 0.2) is 309 Å². The first kappa shape index (κ1) is 52.0. The monoisotopic (exact) mass is 1050 g/mol. The third-order valence-electron chi connectivity index (χ3n) is 15.0. The van der Waals surface area contributed by atoms with Gasteiger partial charge in [-0.05, 0) is 134 Å². The van der Waals surface area contributed by atoms with E-state index in [2.05, 4.69) is 256 Å². The Kier molecular flexibility index (Phi) is 15.3. The highest BCUT2D eigenvalue weighted by molar-refractivity contribution is 5.94. The fourth-order valence-corrected chi connectivity index (χ4v) is 10.5. The molecule has 0 saturated heterocycles. The molecule has 4 heteroatoms. The summed E-state index contributed by atoms with van der Waals surface area (Å²) >= 11 is 0. The summed E-state index contributed by atoms with van der Waals surface area (Å²) < 4.78 is 0. The molecule has 0 unspecified atom stereocenters. The molecule has 0 aliphatic carbocycles. The van der Waals surface area contributed by atoms with Gasteiger partial charge in [0.1, 0.15) is 0 Å². The van der Waals surface area contributed by atoms with Crippen molar-refractivity contribution in [3.05, 3.63) is 321 Å². The molecule has 0 aliphatic heterocycles. The number of para-hydroxylation sites is 2. The third-order valence-corrected chi connectivity index (χ3v) is 15.0. The highest BCUT2D eigenvalue weighted by atomic mass is 14.9. The summed E-state index contributed by atoms with van der Waals surface area (Å²) in [6, 6.07) is 104. The van der Waals surface area contributed by atoms with Crippen LogP contribution in [0.3, 0.4) is 0 Å². The molecule has 2 heterocycles. The molecule has 0 bridgehead atoms. The number of fused-ring (bicyclic) bond motifs is 1. The predicted molar refractivity (Wildman–Crippen MR) is 346 cm³/mol. The molecule has 0 spiro atoms. The number of nitrogens with zero attached hydrogens (tertiary/aromatic N) is 4. The van der Waals surface area contributed by atoms with Crippen LogP contribution >= 0.6 is 0 Å². The van der Waals surface area contributed by atoms with E-state index >= 15 is 0 Å². The van der Waals surface area contributed by atoms with E-state index in [0.717, 1.165) is 141 Å². The topological polar surface area (TPSA) is 51.0 Å². The van der Waals surface area contributed by atoms with Crippen molar-refractivity contribution in [3.63, 3.8) is 0 Å². The van der Waals surface area contributed by atoms with E-state index in [0.29, 0.717) is 0 Å². The molecular formula is C78H58N4. The maximum absolute atomic E-state index is 5.32. The van der Waals surface area contributed by atoms with Crippen LogP contribution in [-0.2, 0) is 6.42 Å². The Labute approximate surface area is 480 Å². The van der Waals surface area contributed by atoms with Crippen molar-refractivity contribution >= 4 is 28.9 Å². The molecule has 0 fully saturated rings. The van der Waals surface area contributed by atoms with Crippen LogP contribution in [-0.4, -0.2) is 21.7 Å². The van der Waals surface area contributed by atoms with E-state index in [-0.39, 0.29) is 0 Å². The van der Waals surface area contributed by atoms with E-state index in [4.69, 9.17) is 15.0 Å². The Morgan fingerprint density at radius 2 is 0.768 bits per heavy atom. The maximum Gasteiger partial charge on any atom is 0.160 e. The number of hydrogen-bond donors (Lipinski definition) is 0. The standard InChI is InChI=1S/C70H48N4.C8H10/c1-47(63-29-9-11-31-65(63)71-2)48-33-35-49(36-34-48)54-21-14-24-57(42-54)59-26-16-28-61(44-59)68-46-62(45-67(72-68)51-17-5-3-6-18-51)60-27-15-25-58(43-60)56-23-13-22-55(41-56)50-37-39-52(40-38-50)69-64-30-10-12-32-66(64)73-70(74-69)53-19-7-4-8-20-53;1-2-8-6-4-3-5-7-8/h3-46H,1-2H2;3-7H,2H2,1H3. The number of aliphatic imine (C=N–C) groups is 1. The smallest absolute Gasteiger partial charge is 0.160 e. The number of rotatable bonds is 13. The average molecular weight is 1050 g/mol. The predicted octanol–water partition coefficient (Wildman–Crippen LogP) is 20.7. The molecule has 0 aliphatic rings. The van der Waals surface area contributed by atoms with Crippen LogP contribution < -0.4 is 0 Å². The molecule has 0 radical (unpaired) electrons. The van der Waals surface area contributed by atoms with Gasteiger partial charge in [0.2, 0.25) is 0 Å². The Balaban J connectivity index is 0.000000768. The SMILES string of the molecule is C=Nc1ccccc1C(=C)c1ccc(-c2cccc(-c3cccc(-c4cc(-c5cccc(-c6cccc(-c7ccc(-c8nc(-c9ccccc9)nc9ccccc89)cc7)c6)c5)cc(-c5ccccc5)n4)c3)c2)cc1.CCc1ccccc1. The van der Waals surface area contributed by atoms with E-state index in [9.17, 15) is 0 Å². The van der Waals surface area contributed by atoms with Gasteiger partial charge in [-0.25, -0.2) is 15.0 Å². The van der Waals surface area contributed by atoms with Crippen LogP contribution in [0.5, 0.6) is 0 Å². The summed E-state index contributed by atoms with van der Waals surface area (Å²) in [5, 5.41) is 1.03. The lowest BCUT2D eigenvalue weighted by molar-refractivity contribution is 1.14. The molecule has 13 rings (SSSR count). The summed E-state index contributed by atoms with van der Waals surface area (Å²) in [4.78, 5) is 19.5. The molecule has 11 aromatic carbocycles. The minimum absolute atomic E-state index is 0.719. The minimum Gasteiger partial charge on any atom is -0.264 e. The molecular weight excluding hydrogens is 993 g/mol. The van der Waals surface area contributed by atoms with Crippen molar-refractivity contribution in [1.29, 1.82) is 0 Å². The number of aromatic nitrogens is 3. The molecule has 0 atom stereocenters. The lowest BCUT2D eigenvalue weighted by Gasteiger charge is -2.13. The van der Waals surface area contributed by atoms with Gasteiger partial charge in [0, 0.05) is 33.2 Å². The van der Waals surface area contributed by atoms with Crippen molar-refractivity contribution in [1.82, 2.24) is 15.0 Å². The average Bonchev–Trinajstić information content (AvgIpc) is 3.69. The van der Waals surface area contributed by atoms with Gasteiger partial charge in [0.15, 0.2) is 5.82 Å². The number of pyridine rings is 1. The fourth-order valence-electron chi connectivity index (χ4n) is 10.5. The van der Waals surface area contributed by atoms with Gasteiger partial charge in [-0.2, -0.15) is 0 Å². The Morgan fingerprint density at radius 3 is 1.33 bits per heavy atom. The molecule has 0 amide bonds. The second kappa shape index (κ2) is 24.1. The molecule has 13 aromatic rings. The highest BCUT2D eigenvalue weighted by Gasteiger charge is 2.15. The van der Waals surface area contributed by atoms with E-state index < -0.39 is 0 Å². The molecule has 82 heavy (non-hydrogen) atoms. The second-order valence-electron chi connectivity index (χ2n) is 20.2. The van der Waals surface area contributed by atoms with Crippen molar-refractivity contribution in [2.45, 2.75) is 13.3 Å². The normalized spacial score (nSPS) is 10.9. The Hall–Kier alpha value is -10.7. The molecule has 4 nitrogen and oxygen atoms in total. The lowest BCUT2D eigenvalue weighted by Crippen LogP contribution is -1.95. The van der Waals surface area contributed by atoms with Gasteiger partial charge in [-0.3, -0.25) is 4.99 Å². The van der Waals surface area contributed by atoms with Crippen LogP contribution in [0.2, 0.25) is 0 Å². The van der Waals surface area contributed by atoms with Gasteiger partial charge in [0.25, 0.3) is 0 Å². The largest absolute Gasteiger partial charge is 0.264 e. The fraction of sp³-hybridized carbons (Fsp3) is 0.0256. The Morgan fingerprint density at radius 1 is 0.341 bits per heavy atom. The zero-order chi connectivity index (χ0) is 55.6. The van der Waals surface area contributed by atoms with E-state index in [1.165, 1.54) is 5.56 Å². The van der Waals surface area contributed by atoms with Gasteiger partial charge >= 0.3 is 0 Å². The summed E-state index contributed by atoms with van der Waals surface area (Å²) in [5.41, 5.74) is 24.3. The summed E-state index contributed by atoms with van der Waals surface area (Å²) in [7, 11) is 0. The van der Waals surface area contributed by atoms with Crippen molar-refractivity contribution in [2.75, 3.05) is 0 Å². The molecule has 2 aromatic heterocycles. The van der Waals surface area contributed by atoms with Gasteiger partial charge in [-0.1, -0.05) is 262 Å². The van der Waals surface area contributed by atoms with Crippen LogP contribution in [0.1, 0.15) is 23.6 Å². The first-order valence-electron chi connectivity index (χ1n) is 27.8. The Bertz CT molecular complexity index is 4380. The van der Waals surface area contributed by atoms with E-state index in [1.807, 2.05) is 66.7 Å². The first-order chi connectivity index (χ1) is 40.4. The lowest BCUT2D eigenvalue weighted by atomic mass is 9.93. The van der Waals surface area contributed by atoms with Crippen molar-refractivity contribution in [3.8, 4) is 101 Å². The third kappa shape index (κ3) is 11.6. The van der Waals surface area contributed by atoms with E-state index in [1.54, 1.807) is 0 Å². The highest BCUT2D eigenvalue weighted by Crippen LogP contribution is 2.38. The van der Waals surface area contributed by atoms with Gasteiger partial charge in [-0.15, -0.1) is 0 Å². The second-order valence-corrected chi connectivity index (χ2v) is 20.2. The van der Waals surface area contributed by atoms with Crippen molar-refractivity contribution < 1.29 is 0 Å². The summed E-state index contributed by atoms with van der Waals surface area (Å²) in [6.45, 7) is 10.3. The number of benzene rings is 11. The van der Waals surface area contributed by atoms with Crippen LogP contribution in [0.25, 0.3) is 117 Å². The van der Waals surface area contributed by atoms with Crippen molar-refractivity contribution in [2.24, 2.45) is 4.99 Å². The molecule has 0 N–H and O–H groups in total. The van der Waals surface area contributed by atoms with Gasteiger partial charge < -0.3 is 0 Å². The summed E-state index contributed by atoms with van der Waals surface area (Å²) in [5.74, 6) is 0.719. The number of hydrogen-bond acceptors (Lipinski definition) is 4. The quantitative estimate of drug-likeness (QED) is 0.108. The zero-order valence-electron chi connectivity index (χ0n) is 45.7. The first-order valence-corrected chi connectivity index (χ1v) is 27.8. The van der Waals surface area contributed by atoms with Gasteiger partial charge in [0.05, 0.1) is 28.3 Å². The minimum atomic E-state index is 0.719. The molecule has 390 valence electrons.